The van der Waals surface area contributed by atoms with Crippen LogP contribution in [-0.4, -0.2) is 27.8 Å². The van der Waals surface area contributed by atoms with Gasteiger partial charge in [-0.15, -0.1) is 0 Å². The number of carboxylic acid groups (broad SMARTS) is 1. The van der Waals surface area contributed by atoms with Crippen LogP contribution in [0.4, 0.5) is 0 Å². The number of hydrogen-bond acceptors (Lipinski definition) is 4. The molecule has 5 heteroatoms. The van der Waals surface area contributed by atoms with Gasteiger partial charge in [0.2, 0.25) is 0 Å². The van der Waals surface area contributed by atoms with Gasteiger partial charge >= 0.3 is 11.9 Å². The first kappa shape index (κ1) is 16.2. The molecule has 110 valence electrons. The van der Waals surface area contributed by atoms with Gasteiger partial charge in [0, 0.05) is 0 Å². The summed E-state index contributed by atoms with van der Waals surface area (Å²) < 4.78 is 5.04. The van der Waals surface area contributed by atoms with Gasteiger partial charge < -0.3 is 14.9 Å². The molecule has 1 rings (SSSR count). The zero-order valence-corrected chi connectivity index (χ0v) is 11.7. The Kier molecular flexibility index (Phi) is 5.70. The summed E-state index contributed by atoms with van der Waals surface area (Å²) in [5.41, 5.74) is -1.20. The van der Waals surface area contributed by atoms with Crippen molar-refractivity contribution < 1.29 is 24.5 Å². The van der Waals surface area contributed by atoms with E-state index in [4.69, 9.17) is 9.84 Å². The highest BCUT2D eigenvalue weighted by Gasteiger charge is 2.40. The van der Waals surface area contributed by atoms with Crippen molar-refractivity contribution in [3.63, 3.8) is 0 Å². The van der Waals surface area contributed by atoms with Crippen LogP contribution in [0.25, 0.3) is 0 Å². The molecule has 0 aliphatic carbocycles. The van der Waals surface area contributed by atoms with E-state index in [2.05, 4.69) is 0 Å². The fraction of sp³-hybridized carbons (Fsp3) is 0.467. The number of esters is 1. The molecule has 20 heavy (non-hydrogen) atoms. The fourth-order valence-electron chi connectivity index (χ4n) is 2.01. The van der Waals surface area contributed by atoms with Gasteiger partial charge in [0.05, 0.1) is 6.42 Å². The van der Waals surface area contributed by atoms with Crippen molar-refractivity contribution in [2.75, 3.05) is 0 Å². The Bertz CT molecular complexity index is 455. The lowest BCUT2D eigenvalue weighted by Gasteiger charge is -2.26. The topological polar surface area (TPSA) is 83.8 Å². The Labute approximate surface area is 118 Å². The summed E-state index contributed by atoms with van der Waals surface area (Å²) in [4.78, 5) is 22.8. The second-order valence-corrected chi connectivity index (χ2v) is 5.26. The van der Waals surface area contributed by atoms with Crippen LogP contribution in [0, 0.1) is 5.92 Å². The minimum Gasteiger partial charge on any atom is -0.481 e. The highest BCUT2D eigenvalue weighted by atomic mass is 16.5. The molecule has 5 nitrogen and oxygen atoms in total. The standard InChI is InChI=1S/C15H20O5/c1-11(2)8-15(19,9-13(16)17)14(18)20-10-12-6-4-3-5-7-12/h3-7,11,19H,8-10H2,1-2H3,(H,16,17). The van der Waals surface area contributed by atoms with Crippen molar-refractivity contribution >= 4 is 11.9 Å². The maximum absolute atomic E-state index is 12.0. The molecule has 0 aliphatic rings. The zero-order valence-electron chi connectivity index (χ0n) is 11.7. The van der Waals surface area contributed by atoms with Crippen LogP contribution in [-0.2, 0) is 20.9 Å². The minimum atomic E-state index is -1.98. The quantitative estimate of drug-likeness (QED) is 0.746. The van der Waals surface area contributed by atoms with Gasteiger partial charge in [0.1, 0.15) is 6.61 Å². The van der Waals surface area contributed by atoms with E-state index in [1.54, 1.807) is 38.1 Å². The van der Waals surface area contributed by atoms with Crippen molar-refractivity contribution in [3.8, 4) is 0 Å². The maximum atomic E-state index is 12.0. The summed E-state index contributed by atoms with van der Waals surface area (Å²) in [6.45, 7) is 3.62. The van der Waals surface area contributed by atoms with Crippen molar-refractivity contribution in [2.45, 2.75) is 38.9 Å². The second kappa shape index (κ2) is 7.05. The monoisotopic (exact) mass is 280 g/mol. The number of benzene rings is 1. The molecule has 0 heterocycles. The van der Waals surface area contributed by atoms with Crippen LogP contribution in [0.5, 0.6) is 0 Å². The number of rotatable bonds is 7. The van der Waals surface area contributed by atoms with Gasteiger partial charge in [-0.25, -0.2) is 4.79 Å². The Morgan fingerprint density at radius 1 is 1.25 bits per heavy atom. The molecule has 0 aromatic heterocycles. The molecule has 0 bridgehead atoms. The molecular weight excluding hydrogens is 260 g/mol. The predicted octanol–water partition coefficient (Wildman–Crippen LogP) is 1.98. The van der Waals surface area contributed by atoms with Gasteiger partial charge in [-0.3, -0.25) is 4.79 Å². The molecule has 1 unspecified atom stereocenters. The molecule has 1 aromatic carbocycles. The predicted molar refractivity (Wildman–Crippen MR) is 72.9 cm³/mol. The van der Waals surface area contributed by atoms with E-state index in [0.29, 0.717) is 0 Å². The first-order valence-corrected chi connectivity index (χ1v) is 6.49. The van der Waals surface area contributed by atoms with E-state index in [9.17, 15) is 14.7 Å². The summed E-state index contributed by atoms with van der Waals surface area (Å²) in [6, 6.07) is 9.02. The van der Waals surface area contributed by atoms with Gasteiger partial charge in [-0.05, 0) is 17.9 Å². The first-order chi connectivity index (χ1) is 9.33. The molecule has 0 amide bonds. The fourth-order valence-corrected chi connectivity index (χ4v) is 2.01. The molecule has 1 atom stereocenters. The van der Waals surface area contributed by atoms with E-state index in [1.807, 2.05) is 6.07 Å². The van der Waals surface area contributed by atoms with Crippen molar-refractivity contribution in [1.82, 2.24) is 0 Å². The average molecular weight is 280 g/mol. The average Bonchev–Trinajstić information content (AvgIpc) is 2.35. The van der Waals surface area contributed by atoms with Gasteiger partial charge in [-0.2, -0.15) is 0 Å². The molecule has 2 N–H and O–H groups in total. The summed E-state index contributed by atoms with van der Waals surface area (Å²) in [7, 11) is 0. The van der Waals surface area contributed by atoms with Crippen LogP contribution >= 0.6 is 0 Å². The Balaban J connectivity index is 2.70. The highest BCUT2D eigenvalue weighted by molar-refractivity contribution is 5.85. The van der Waals surface area contributed by atoms with Crippen molar-refractivity contribution in [1.29, 1.82) is 0 Å². The zero-order chi connectivity index (χ0) is 15.2. The van der Waals surface area contributed by atoms with E-state index in [-0.39, 0.29) is 18.9 Å². The van der Waals surface area contributed by atoms with Crippen LogP contribution in [0.3, 0.4) is 0 Å². The number of carboxylic acids is 1. The van der Waals surface area contributed by atoms with Gasteiger partial charge in [0.15, 0.2) is 5.60 Å². The van der Waals surface area contributed by atoms with Gasteiger partial charge in [0.25, 0.3) is 0 Å². The molecule has 0 fully saturated rings. The molecule has 0 spiro atoms. The minimum absolute atomic E-state index is 0.0136. The molecule has 0 saturated heterocycles. The Hall–Kier alpha value is -1.88. The largest absolute Gasteiger partial charge is 0.481 e. The molecule has 0 radical (unpaired) electrons. The van der Waals surface area contributed by atoms with Crippen LogP contribution in [0.1, 0.15) is 32.3 Å². The Morgan fingerprint density at radius 2 is 1.85 bits per heavy atom. The van der Waals surface area contributed by atoms with Crippen molar-refractivity contribution in [2.24, 2.45) is 5.92 Å². The van der Waals surface area contributed by atoms with Crippen LogP contribution < -0.4 is 0 Å². The van der Waals surface area contributed by atoms with E-state index in [0.717, 1.165) is 5.56 Å². The lowest BCUT2D eigenvalue weighted by atomic mass is 9.89. The van der Waals surface area contributed by atoms with Gasteiger partial charge in [-0.1, -0.05) is 44.2 Å². The summed E-state index contributed by atoms with van der Waals surface area (Å²) in [5, 5.41) is 19.1. The Morgan fingerprint density at radius 3 is 2.35 bits per heavy atom. The number of carbonyl (C=O) groups is 2. The van der Waals surface area contributed by atoms with Crippen LogP contribution in [0.15, 0.2) is 30.3 Å². The number of hydrogen-bond donors (Lipinski definition) is 2. The number of carbonyl (C=O) groups excluding carboxylic acids is 1. The number of ether oxygens (including phenoxy) is 1. The van der Waals surface area contributed by atoms with E-state index in [1.165, 1.54) is 0 Å². The third-order valence-corrected chi connectivity index (χ3v) is 2.78. The second-order valence-electron chi connectivity index (χ2n) is 5.26. The smallest absolute Gasteiger partial charge is 0.339 e. The van der Waals surface area contributed by atoms with Crippen molar-refractivity contribution in [3.05, 3.63) is 35.9 Å². The molecule has 0 saturated carbocycles. The summed E-state index contributed by atoms with van der Waals surface area (Å²) in [5.74, 6) is -2.15. The van der Waals surface area contributed by atoms with E-state index >= 15 is 0 Å². The van der Waals surface area contributed by atoms with Crippen LogP contribution in [0.2, 0.25) is 0 Å². The number of aliphatic carboxylic acids is 1. The third-order valence-electron chi connectivity index (χ3n) is 2.78. The molecule has 1 aromatic rings. The number of aliphatic hydroxyl groups is 1. The SMILES string of the molecule is CC(C)CC(O)(CC(=O)O)C(=O)OCc1ccccc1. The maximum Gasteiger partial charge on any atom is 0.339 e. The summed E-state index contributed by atoms with van der Waals surface area (Å²) in [6.07, 6.45) is -0.605. The third kappa shape index (κ3) is 5.01. The first-order valence-electron chi connectivity index (χ1n) is 6.49. The summed E-state index contributed by atoms with van der Waals surface area (Å²) >= 11 is 0. The normalized spacial score (nSPS) is 13.8. The highest BCUT2D eigenvalue weighted by Crippen LogP contribution is 2.23. The lowest BCUT2D eigenvalue weighted by molar-refractivity contribution is -0.174. The molecule has 0 aliphatic heterocycles. The molecular formula is C15H20O5. The van der Waals surface area contributed by atoms with E-state index < -0.39 is 24.0 Å². The lowest BCUT2D eigenvalue weighted by Crippen LogP contribution is -2.43.